The number of carboxylic acids is 1. The number of anilines is 1. The Hall–Kier alpha value is -3.31. The van der Waals surface area contributed by atoms with E-state index in [1.54, 1.807) is 12.1 Å². The van der Waals surface area contributed by atoms with E-state index in [0.29, 0.717) is 11.4 Å². The van der Waals surface area contributed by atoms with Crippen molar-refractivity contribution in [3.63, 3.8) is 0 Å². The molecule has 0 spiro atoms. The van der Waals surface area contributed by atoms with E-state index in [1.165, 1.54) is 17.8 Å². The molecule has 9 nitrogen and oxygen atoms in total. The number of halogens is 2. The van der Waals surface area contributed by atoms with Gasteiger partial charge in [0.25, 0.3) is 0 Å². The molecule has 40 heavy (non-hydrogen) atoms. The lowest BCUT2D eigenvalue weighted by atomic mass is 9.95. The third kappa shape index (κ3) is 5.90. The first-order valence-corrected chi connectivity index (χ1v) is 13.9. The summed E-state index contributed by atoms with van der Waals surface area (Å²) in [5.41, 5.74) is 2.82. The fourth-order valence-electron chi connectivity index (χ4n) is 5.58. The zero-order valence-electron chi connectivity index (χ0n) is 22.0. The van der Waals surface area contributed by atoms with Gasteiger partial charge in [-0.2, -0.15) is 4.98 Å². The predicted molar refractivity (Wildman–Crippen MR) is 147 cm³/mol. The van der Waals surface area contributed by atoms with Crippen LogP contribution >= 0.6 is 11.6 Å². The van der Waals surface area contributed by atoms with Gasteiger partial charge in [0, 0.05) is 57.6 Å². The van der Waals surface area contributed by atoms with Gasteiger partial charge in [-0.1, -0.05) is 23.7 Å². The third-order valence-electron chi connectivity index (χ3n) is 7.87. The maximum absolute atomic E-state index is 14.0. The van der Waals surface area contributed by atoms with Crippen molar-refractivity contribution in [1.29, 1.82) is 0 Å². The summed E-state index contributed by atoms with van der Waals surface area (Å²) < 4.78 is 25.5. The van der Waals surface area contributed by atoms with Crippen LogP contribution in [0, 0.1) is 5.82 Å². The molecule has 2 saturated heterocycles. The molecule has 210 valence electrons. The van der Waals surface area contributed by atoms with Crippen LogP contribution in [-0.4, -0.2) is 76.4 Å². The Bertz CT molecular complexity index is 1380. The number of carboxylic acid groups (broad SMARTS) is 1. The number of ether oxygens (including phenoxy) is 2. The van der Waals surface area contributed by atoms with Gasteiger partial charge in [0.1, 0.15) is 23.9 Å². The van der Waals surface area contributed by atoms with E-state index >= 15 is 0 Å². The Morgan fingerprint density at radius 2 is 2.00 bits per heavy atom. The van der Waals surface area contributed by atoms with Crippen LogP contribution in [0.2, 0.25) is 5.02 Å². The molecule has 5 heterocycles. The fourth-order valence-corrected chi connectivity index (χ4v) is 5.72. The number of aromatic nitrogens is 2. The summed E-state index contributed by atoms with van der Waals surface area (Å²) in [6.07, 6.45) is 3.56. The van der Waals surface area contributed by atoms with Crippen molar-refractivity contribution in [1.82, 2.24) is 19.8 Å². The van der Waals surface area contributed by atoms with Gasteiger partial charge in [-0.05, 0) is 48.2 Å². The Morgan fingerprint density at radius 3 is 2.73 bits per heavy atom. The number of aromatic carboxylic acids is 1. The molecule has 1 N–H and O–H groups in total. The lowest BCUT2D eigenvalue weighted by Gasteiger charge is -2.39. The smallest absolute Gasteiger partial charge is 0.335 e. The predicted octanol–water partition coefficient (Wildman–Crippen LogP) is 4.36. The minimum Gasteiger partial charge on any atom is -0.478 e. The Balaban J connectivity index is 1.06. The summed E-state index contributed by atoms with van der Waals surface area (Å²) in [6.45, 7) is 5.73. The molecule has 1 unspecified atom stereocenters. The van der Waals surface area contributed by atoms with Crippen molar-refractivity contribution in [2.75, 3.05) is 44.4 Å². The number of benzene rings is 1. The number of nitrogens with zero attached hydrogens (tertiary/aromatic N) is 5. The lowest BCUT2D eigenvalue weighted by Crippen LogP contribution is -2.50. The molecule has 2 aromatic heterocycles. The molecule has 3 aromatic rings. The number of pyridine rings is 2. The van der Waals surface area contributed by atoms with Crippen LogP contribution in [0.3, 0.4) is 0 Å². The SMILES string of the molecule is O=C(O)c1ccc2c(c1)[C@H](CC1CCO1)N(CN1CCN(c3cccc(OCc4ncc(Cl)cc4F)n3)CC1)C2. The summed E-state index contributed by atoms with van der Waals surface area (Å²) in [6, 6.07) is 12.5. The van der Waals surface area contributed by atoms with Gasteiger partial charge in [-0.3, -0.25) is 14.8 Å². The van der Waals surface area contributed by atoms with Crippen LogP contribution in [0.15, 0.2) is 48.7 Å². The van der Waals surface area contributed by atoms with E-state index < -0.39 is 11.8 Å². The molecule has 3 aliphatic rings. The Morgan fingerprint density at radius 1 is 1.18 bits per heavy atom. The quantitative estimate of drug-likeness (QED) is 0.405. The molecule has 0 saturated carbocycles. The van der Waals surface area contributed by atoms with E-state index in [2.05, 4.69) is 24.7 Å². The van der Waals surface area contributed by atoms with Crippen LogP contribution in [0.1, 0.15) is 46.1 Å². The second kappa shape index (κ2) is 11.7. The second-order valence-corrected chi connectivity index (χ2v) is 10.9. The highest BCUT2D eigenvalue weighted by molar-refractivity contribution is 6.30. The summed E-state index contributed by atoms with van der Waals surface area (Å²) in [5.74, 6) is -0.178. The van der Waals surface area contributed by atoms with Crippen molar-refractivity contribution >= 4 is 23.4 Å². The number of piperazine rings is 1. The molecular weight excluding hydrogens is 537 g/mol. The first kappa shape index (κ1) is 26.9. The zero-order chi connectivity index (χ0) is 27.6. The average molecular weight is 568 g/mol. The van der Waals surface area contributed by atoms with Crippen LogP contribution < -0.4 is 9.64 Å². The number of rotatable bonds is 9. The molecule has 0 aliphatic carbocycles. The van der Waals surface area contributed by atoms with E-state index in [1.807, 2.05) is 24.3 Å². The van der Waals surface area contributed by atoms with Crippen molar-refractivity contribution in [2.45, 2.75) is 38.1 Å². The first-order chi connectivity index (χ1) is 19.4. The minimum atomic E-state index is -0.895. The molecule has 0 radical (unpaired) electrons. The van der Waals surface area contributed by atoms with Crippen LogP contribution in [0.4, 0.5) is 10.2 Å². The van der Waals surface area contributed by atoms with Crippen LogP contribution in [-0.2, 0) is 17.9 Å². The Kier molecular flexibility index (Phi) is 7.84. The molecule has 2 fully saturated rings. The fraction of sp³-hybridized carbons (Fsp3) is 0.414. The lowest BCUT2D eigenvalue weighted by molar-refractivity contribution is -0.0700. The minimum absolute atomic E-state index is 0.0352. The van der Waals surface area contributed by atoms with Crippen molar-refractivity contribution in [2.24, 2.45) is 0 Å². The molecular formula is C29H31ClFN5O4. The standard InChI is InChI=1S/C29H31ClFN5O4/c30-21-13-24(31)25(32-15-21)17-40-28-3-1-2-27(33-28)35-9-7-34(8-10-35)18-36-16-20-5-4-19(29(37)38)12-23(20)26(36)14-22-6-11-39-22/h1-5,12-13,15,22,26H,6-11,14,16-18H2,(H,37,38)/t22?,26-/m0/s1. The summed E-state index contributed by atoms with van der Waals surface area (Å²) in [7, 11) is 0. The van der Waals surface area contributed by atoms with Crippen LogP contribution in [0.25, 0.3) is 0 Å². The van der Waals surface area contributed by atoms with E-state index in [9.17, 15) is 14.3 Å². The third-order valence-corrected chi connectivity index (χ3v) is 8.08. The highest BCUT2D eigenvalue weighted by atomic mass is 35.5. The second-order valence-electron chi connectivity index (χ2n) is 10.4. The number of carbonyl (C=O) groups is 1. The Labute approximate surface area is 237 Å². The van der Waals surface area contributed by atoms with Gasteiger partial charge in [0.2, 0.25) is 5.88 Å². The molecule has 11 heteroatoms. The largest absolute Gasteiger partial charge is 0.478 e. The van der Waals surface area contributed by atoms with Crippen molar-refractivity contribution in [3.05, 3.63) is 81.9 Å². The first-order valence-electron chi connectivity index (χ1n) is 13.5. The van der Waals surface area contributed by atoms with Crippen molar-refractivity contribution < 1.29 is 23.8 Å². The van der Waals surface area contributed by atoms with Gasteiger partial charge in [0.05, 0.1) is 23.4 Å². The molecule has 2 atom stereocenters. The number of hydrogen-bond acceptors (Lipinski definition) is 8. The van der Waals surface area contributed by atoms with Gasteiger partial charge >= 0.3 is 5.97 Å². The summed E-state index contributed by atoms with van der Waals surface area (Å²) >= 11 is 5.78. The van der Waals surface area contributed by atoms with Gasteiger partial charge in [0.15, 0.2) is 0 Å². The molecule has 0 bridgehead atoms. The van der Waals surface area contributed by atoms with E-state index in [4.69, 9.17) is 21.1 Å². The topological polar surface area (TPSA) is 91.3 Å². The van der Waals surface area contributed by atoms with Crippen LogP contribution in [0.5, 0.6) is 5.88 Å². The van der Waals surface area contributed by atoms with E-state index in [0.717, 1.165) is 70.2 Å². The number of hydrogen-bond donors (Lipinski definition) is 1. The molecule has 0 amide bonds. The van der Waals surface area contributed by atoms with Gasteiger partial charge in [-0.25, -0.2) is 9.18 Å². The maximum atomic E-state index is 14.0. The highest BCUT2D eigenvalue weighted by Crippen LogP contribution is 2.39. The summed E-state index contributed by atoms with van der Waals surface area (Å²) in [5, 5.41) is 9.76. The highest BCUT2D eigenvalue weighted by Gasteiger charge is 2.36. The average Bonchev–Trinajstić information content (AvgIpc) is 3.26. The van der Waals surface area contributed by atoms with E-state index in [-0.39, 0.29) is 29.5 Å². The maximum Gasteiger partial charge on any atom is 0.335 e. The number of fused-ring (bicyclic) bond motifs is 1. The van der Waals surface area contributed by atoms with Gasteiger partial charge in [-0.15, -0.1) is 0 Å². The molecule has 6 rings (SSSR count). The van der Waals surface area contributed by atoms with Gasteiger partial charge < -0.3 is 19.5 Å². The molecule has 1 aromatic carbocycles. The monoisotopic (exact) mass is 567 g/mol. The normalized spacial score (nSPS) is 21.2. The van der Waals surface area contributed by atoms with Crippen molar-refractivity contribution in [3.8, 4) is 5.88 Å². The zero-order valence-corrected chi connectivity index (χ0v) is 22.8. The summed E-state index contributed by atoms with van der Waals surface area (Å²) in [4.78, 5) is 27.3. The molecule has 3 aliphatic heterocycles.